The van der Waals surface area contributed by atoms with E-state index in [0.717, 1.165) is 122 Å². The van der Waals surface area contributed by atoms with Gasteiger partial charge in [-0.05, 0) is 122 Å². The molecule has 12 unspecified atom stereocenters. The number of aliphatic hydroxyl groups is 8. The van der Waals surface area contributed by atoms with Crippen molar-refractivity contribution in [3.05, 3.63) is 170 Å². The molecule has 0 aromatic carbocycles. The van der Waals surface area contributed by atoms with Gasteiger partial charge in [-0.25, -0.2) is 0 Å². The largest absolute Gasteiger partial charge is 0.394 e. The SMILES string of the molecule is CC/C=C\C/C=C\C/C=C\C/C=C\C/C=C\C/C=C\C/C=C\C/C=C\C/C=C\C/C=C\C/C=C\CCCCCC(=O)NC(COC1OC(CO)C(OC2OC(CO)C(O)C(O)C2O)C(O)C1O)C(O)/C=C/CC/C=C/CC/C=C/CCC. The molecule has 2 saturated heterocycles. The lowest BCUT2D eigenvalue weighted by molar-refractivity contribution is -0.359. The number of aliphatic hydroxyl groups excluding tert-OH is 8. The zero-order valence-electron chi connectivity index (χ0n) is 49.4. The average Bonchev–Trinajstić information content (AvgIpc) is 3.22. The first-order chi connectivity index (χ1) is 40.1. The first kappa shape index (κ1) is 73.5. The predicted molar refractivity (Wildman–Crippen MR) is 331 cm³/mol. The van der Waals surface area contributed by atoms with Crippen molar-refractivity contribution in [3.63, 3.8) is 0 Å². The highest BCUT2D eigenvalue weighted by Crippen LogP contribution is 2.30. The number of nitrogens with one attached hydrogen (secondary N) is 1. The lowest BCUT2D eigenvalue weighted by Crippen LogP contribution is -2.65. The maximum atomic E-state index is 13.2. The summed E-state index contributed by atoms with van der Waals surface area (Å²) < 4.78 is 22.7. The molecule has 12 atom stereocenters. The second kappa shape index (κ2) is 50.8. The number of carbonyl (C=O) groups is 1. The summed E-state index contributed by atoms with van der Waals surface area (Å²) in [4.78, 5) is 13.2. The normalized spacial score (nSPS) is 25.2. The molecule has 460 valence electrons. The van der Waals surface area contributed by atoms with Gasteiger partial charge in [0.2, 0.25) is 5.91 Å². The maximum absolute atomic E-state index is 13.2. The van der Waals surface area contributed by atoms with E-state index in [-0.39, 0.29) is 18.9 Å². The van der Waals surface area contributed by atoms with Crippen molar-refractivity contribution in [2.75, 3.05) is 19.8 Å². The Balaban J connectivity index is 1.69. The Morgan fingerprint density at radius 2 is 0.854 bits per heavy atom. The van der Waals surface area contributed by atoms with Crippen molar-refractivity contribution < 1.29 is 64.6 Å². The van der Waals surface area contributed by atoms with Crippen LogP contribution in [-0.4, -0.2) is 140 Å². The minimum absolute atomic E-state index is 0.217. The van der Waals surface area contributed by atoms with Gasteiger partial charge in [0.1, 0.15) is 48.8 Å². The predicted octanol–water partition coefficient (Wildman–Crippen LogP) is 10.9. The number of hydrogen-bond acceptors (Lipinski definition) is 13. The summed E-state index contributed by atoms with van der Waals surface area (Å²) in [6, 6.07) is -0.968. The first-order valence-corrected chi connectivity index (χ1v) is 30.4. The molecule has 14 heteroatoms. The smallest absolute Gasteiger partial charge is 0.220 e. The van der Waals surface area contributed by atoms with Crippen molar-refractivity contribution >= 4 is 5.91 Å². The second-order valence-electron chi connectivity index (χ2n) is 20.4. The van der Waals surface area contributed by atoms with Crippen LogP contribution in [0.3, 0.4) is 0 Å². The topological polar surface area (TPSA) is 228 Å². The van der Waals surface area contributed by atoms with Gasteiger partial charge in [0.25, 0.3) is 0 Å². The van der Waals surface area contributed by atoms with Crippen LogP contribution >= 0.6 is 0 Å². The molecular formula is C68H105NO13. The quantitative estimate of drug-likeness (QED) is 0.0205. The van der Waals surface area contributed by atoms with Crippen LogP contribution in [0.2, 0.25) is 0 Å². The molecule has 0 aromatic rings. The molecule has 82 heavy (non-hydrogen) atoms. The van der Waals surface area contributed by atoms with Crippen molar-refractivity contribution in [3.8, 4) is 0 Å². The van der Waals surface area contributed by atoms with Crippen LogP contribution in [-0.2, 0) is 23.7 Å². The third-order valence-electron chi connectivity index (χ3n) is 13.3. The highest BCUT2D eigenvalue weighted by Gasteiger charge is 2.51. The summed E-state index contributed by atoms with van der Waals surface area (Å²) in [5.74, 6) is -0.297. The van der Waals surface area contributed by atoms with Gasteiger partial charge in [0, 0.05) is 6.42 Å². The monoisotopic (exact) mass is 1140 g/mol. The van der Waals surface area contributed by atoms with Gasteiger partial charge in [-0.3, -0.25) is 4.79 Å². The fraction of sp³-hybridized carbons (Fsp3) is 0.574. The van der Waals surface area contributed by atoms with E-state index in [1.165, 1.54) is 0 Å². The third-order valence-corrected chi connectivity index (χ3v) is 13.3. The molecule has 1 amide bonds. The molecule has 14 nitrogen and oxygen atoms in total. The summed E-state index contributed by atoms with van der Waals surface area (Å²) in [7, 11) is 0. The minimum atomic E-state index is -1.80. The Morgan fingerprint density at radius 3 is 1.30 bits per heavy atom. The Labute approximate surface area is 492 Å². The van der Waals surface area contributed by atoms with Crippen LogP contribution in [0.25, 0.3) is 0 Å². The van der Waals surface area contributed by atoms with Gasteiger partial charge < -0.3 is 65.1 Å². The van der Waals surface area contributed by atoms with E-state index >= 15 is 0 Å². The number of allylic oxidation sites excluding steroid dienone is 27. The van der Waals surface area contributed by atoms with Crippen molar-refractivity contribution in [1.29, 1.82) is 0 Å². The molecule has 9 N–H and O–H groups in total. The Bertz CT molecular complexity index is 2030. The number of hydrogen-bond donors (Lipinski definition) is 9. The molecule has 0 aromatic heterocycles. The zero-order valence-corrected chi connectivity index (χ0v) is 49.4. The van der Waals surface area contributed by atoms with E-state index in [1.54, 1.807) is 6.08 Å². The highest BCUT2D eigenvalue weighted by atomic mass is 16.7. The fourth-order valence-electron chi connectivity index (χ4n) is 8.51. The second-order valence-corrected chi connectivity index (χ2v) is 20.4. The summed E-state index contributed by atoms with van der Waals surface area (Å²) in [5.41, 5.74) is 0. The van der Waals surface area contributed by atoms with E-state index in [0.29, 0.717) is 12.8 Å². The standard InChI is InChI=1S/C68H105NO13/c1-3-5-7-9-11-13-15-16-17-18-19-20-21-22-23-24-25-26-27-28-29-30-31-32-33-34-35-36-37-38-39-40-42-44-46-48-50-52-60(73)69-56(57(72)51-49-47-45-43-41-14-12-10-8-6-4-2)55-79-67-65(78)63(76)66(59(54-71)81-67)82-68-64(77)62(75)61(74)58(53-70)80-68/h5,7-8,10-11,13,16-17,19-20,22-23,25-26,28-29,31-32,34-35,37-38,40-43,49,51,56-59,61-68,70-72,74-78H,3-4,6,9,12,14-15,18,21,24,27,30,33,36,39,44-48,50,52-55H2,1-2H3,(H,69,73)/b7-5-,10-8+,13-11-,17-16-,20-19-,23-22-,26-25-,29-28-,32-31-,35-34-,38-37-,42-40-,43-41+,51-49+. The van der Waals surface area contributed by atoms with Crippen LogP contribution in [0.15, 0.2) is 170 Å². The third kappa shape index (κ3) is 35.5. The van der Waals surface area contributed by atoms with E-state index in [1.807, 2.05) is 6.08 Å². The number of ether oxygens (including phenoxy) is 4. The van der Waals surface area contributed by atoms with Crippen molar-refractivity contribution in [2.24, 2.45) is 0 Å². The lowest BCUT2D eigenvalue weighted by Gasteiger charge is -2.46. The summed E-state index contributed by atoms with van der Waals surface area (Å²) >= 11 is 0. The number of unbranched alkanes of at least 4 members (excludes halogenated alkanes) is 6. The number of carbonyl (C=O) groups excluding carboxylic acids is 1. The Morgan fingerprint density at radius 1 is 0.451 bits per heavy atom. The van der Waals surface area contributed by atoms with Gasteiger partial charge in [-0.1, -0.05) is 197 Å². The van der Waals surface area contributed by atoms with Gasteiger partial charge in [-0.15, -0.1) is 0 Å². The fourth-order valence-corrected chi connectivity index (χ4v) is 8.51. The molecule has 0 aliphatic carbocycles. The molecule has 0 bridgehead atoms. The maximum Gasteiger partial charge on any atom is 0.220 e. The Hall–Kier alpha value is -4.65. The van der Waals surface area contributed by atoms with Crippen molar-refractivity contribution in [1.82, 2.24) is 5.32 Å². The van der Waals surface area contributed by atoms with Crippen LogP contribution in [0.5, 0.6) is 0 Å². The van der Waals surface area contributed by atoms with Crippen LogP contribution < -0.4 is 5.32 Å². The van der Waals surface area contributed by atoms with E-state index in [9.17, 15) is 45.6 Å². The molecule has 0 radical (unpaired) electrons. The number of amides is 1. The molecule has 0 saturated carbocycles. The minimum Gasteiger partial charge on any atom is -0.394 e. The molecule has 0 spiro atoms. The summed E-state index contributed by atoms with van der Waals surface area (Å²) in [5, 5.41) is 86.8. The summed E-state index contributed by atoms with van der Waals surface area (Å²) in [6.07, 6.45) is 62.7. The van der Waals surface area contributed by atoms with Crippen molar-refractivity contribution in [2.45, 2.75) is 229 Å². The van der Waals surface area contributed by atoms with Gasteiger partial charge in [0.15, 0.2) is 12.6 Å². The van der Waals surface area contributed by atoms with Gasteiger partial charge in [-0.2, -0.15) is 0 Å². The van der Waals surface area contributed by atoms with Crippen LogP contribution in [0.4, 0.5) is 0 Å². The lowest BCUT2D eigenvalue weighted by atomic mass is 9.97. The van der Waals surface area contributed by atoms with Gasteiger partial charge >= 0.3 is 0 Å². The van der Waals surface area contributed by atoms with E-state index in [2.05, 4.69) is 177 Å². The Kier molecular flexibility index (Phi) is 45.5. The zero-order chi connectivity index (χ0) is 59.5. The summed E-state index contributed by atoms with van der Waals surface area (Å²) in [6.45, 7) is 2.51. The van der Waals surface area contributed by atoms with Crippen LogP contribution in [0, 0.1) is 0 Å². The molecular weight excluding hydrogens is 1040 g/mol. The molecule has 2 aliphatic heterocycles. The van der Waals surface area contributed by atoms with Gasteiger partial charge in [0.05, 0.1) is 32.0 Å². The molecule has 2 fully saturated rings. The molecule has 2 aliphatic rings. The van der Waals surface area contributed by atoms with Crippen LogP contribution in [0.1, 0.15) is 155 Å². The van der Waals surface area contributed by atoms with E-state index in [4.69, 9.17) is 18.9 Å². The first-order valence-electron chi connectivity index (χ1n) is 30.4. The number of rotatable bonds is 45. The highest BCUT2D eigenvalue weighted by molar-refractivity contribution is 5.76. The van der Waals surface area contributed by atoms with E-state index < -0.39 is 86.8 Å². The molecule has 2 rings (SSSR count). The molecule has 2 heterocycles. The average molecular weight is 1140 g/mol.